The van der Waals surface area contributed by atoms with Gasteiger partial charge in [-0.05, 0) is 6.07 Å². The number of anilines is 1. The van der Waals surface area contributed by atoms with Crippen LogP contribution in [0.3, 0.4) is 0 Å². The van der Waals surface area contributed by atoms with Crippen LogP contribution in [0.1, 0.15) is 13.3 Å². The molecule has 1 amide bonds. The van der Waals surface area contributed by atoms with Gasteiger partial charge in [0.15, 0.2) is 0 Å². The van der Waals surface area contributed by atoms with Crippen LogP contribution in [-0.4, -0.2) is 49.1 Å². The lowest BCUT2D eigenvalue weighted by Crippen LogP contribution is -2.48. The van der Waals surface area contributed by atoms with Gasteiger partial charge in [0.1, 0.15) is 5.82 Å². The summed E-state index contributed by atoms with van der Waals surface area (Å²) < 4.78 is 5.12. The van der Waals surface area contributed by atoms with Crippen molar-refractivity contribution in [1.82, 2.24) is 9.88 Å². The maximum Gasteiger partial charge on any atom is 0.222 e. The van der Waals surface area contributed by atoms with E-state index in [2.05, 4.69) is 9.88 Å². The molecular formula is C13H19N3O2. The van der Waals surface area contributed by atoms with Crippen LogP contribution in [-0.2, 0) is 4.79 Å². The molecule has 0 saturated carbocycles. The molecule has 0 aromatic carbocycles. The first-order valence-electron chi connectivity index (χ1n) is 6.28. The van der Waals surface area contributed by atoms with Crippen LogP contribution in [0.25, 0.3) is 0 Å². The third kappa shape index (κ3) is 2.72. The van der Waals surface area contributed by atoms with E-state index in [0.717, 1.165) is 32.0 Å². The molecule has 18 heavy (non-hydrogen) atoms. The number of aromatic nitrogens is 1. The van der Waals surface area contributed by atoms with Crippen LogP contribution in [0.5, 0.6) is 5.88 Å². The third-order valence-electron chi connectivity index (χ3n) is 3.18. The third-order valence-corrected chi connectivity index (χ3v) is 3.18. The monoisotopic (exact) mass is 249 g/mol. The Balaban J connectivity index is 1.98. The average Bonchev–Trinajstić information content (AvgIpc) is 2.46. The predicted molar refractivity (Wildman–Crippen MR) is 69.9 cm³/mol. The van der Waals surface area contributed by atoms with E-state index in [9.17, 15) is 4.79 Å². The molecule has 98 valence electrons. The molecule has 0 aliphatic carbocycles. The van der Waals surface area contributed by atoms with E-state index in [1.807, 2.05) is 30.0 Å². The van der Waals surface area contributed by atoms with Gasteiger partial charge >= 0.3 is 0 Å². The average molecular weight is 249 g/mol. The van der Waals surface area contributed by atoms with Gasteiger partial charge in [-0.15, -0.1) is 0 Å². The molecule has 0 atom stereocenters. The number of hydrogen-bond donors (Lipinski definition) is 0. The van der Waals surface area contributed by atoms with E-state index in [-0.39, 0.29) is 5.91 Å². The predicted octanol–water partition coefficient (Wildman–Crippen LogP) is 1.15. The fraction of sp³-hybridized carbons (Fsp3) is 0.538. The van der Waals surface area contributed by atoms with Gasteiger partial charge in [0.2, 0.25) is 11.8 Å². The smallest absolute Gasteiger partial charge is 0.222 e. The van der Waals surface area contributed by atoms with Crippen molar-refractivity contribution < 1.29 is 9.53 Å². The van der Waals surface area contributed by atoms with E-state index >= 15 is 0 Å². The number of methoxy groups -OCH3 is 1. The standard InChI is InChI=1S/C13H19N3O2/c1-3-13(17)16-9-7-15(8-10-16)11-5-4-6-12(14-11)18-2/h4-6H,3,7-10H2,1-2H3. The second-order valence-corrected chi connectivity index (χ2v) is 4.26. The van der Waals surface area contributed by atoms with Crippen molar-refractivity contribution in [3.05, 3.63) is 18.2 Å². The number of rotatable bonds is 3. The number of hydrogen-bond acceptors (Lipinski definition) is 4. The first-order valence-corrected chi connectivity index (χ1v) is 6.28. The van der Waals surface area contributed by atoms with E-state index in [4.69, 9.17) is 4.74 Å². The number of nitrogens with zero attached hydrogens (tertiary/aromatic N) is 3. The first-order chi connectivity index (χ1) is 8.74. The number of carbonyl (C=O) groups is 1. The zero-order valence-corrected chi connectivity index (χ0v) is 10.9. The summed E-state index contributed by atoms with van der Waals surface area (Å²) >= 11 is 0. The normalized spacial score (nSPS) is 15.7. The van der Waals surface area contributed by atoms with E-state index in [1.165, 1.54) is 0 Å². The number of piperazine rings is 1. The van der Waals surface area contributed by atoms with Gasteiger partial charge in [0.05, 0.1) is 7.11 Å². The van der Waals surface area contributed by atoms with Gasteiger partial charge in [0.25, 0.3) is 0 Å². The largest absolute Gasteiger partial charge is 0.481 e. The SMILES string of the molecule is CCC(=O)N1CCN(c2cccc(OC)n2)CC1. The minimum Gasteiger partial charge on any atom is -0.481 e. The molecule has 0 N–H and O–H groups in total. The zero-order valence-electron chi connectivity index (χ0n) is 10.9. The highest BCUT2D eigenvalue weighted by atomic mass is 16.5. The molecule has 1 saturated heterocycles. The second-order valence-electron chi connectivity index (χ2n) is 4.26. The Labute approximate surface area is 107 Å². The highest BCUT2D eigenvalue weighted by Crippen LogP contribution is 2.17. The Hall–Kier alpha value is -1.78. The van der Waals surface area contributed by atoms with E-state index in [1.54, 1.807) is 7.11 Å². The quantitative estimate of drug-likeness (QED) is 0.806. The minimum absolute atomic E-state index is 0.230. The highest BCUT2D eigenvalue weighted by molar-refractivity contribution is 5.76. The Morgan fingerprint density at radius 1 is 1.33 bits per heavy atom. The maximum absolute atomic E-state index is 11.6. The van der Waals surface area contributed by atoms with Crippen LogP contribution in [0.2, 0.25) is 0 Å². The molecule has 1 aromatic rings. The Kier molecular flexibility index (Phi) is 4.02. The van der Waals surface area contributed by atoms with Crippen LogP contribution < -0.4 is 9.64 Å². The van der Waals surface area contributed by atoms with Crippen molar-refractivity contribution in [3.63, 3.8) is 0 Å². The van der Waals surface area contributed by atoms with Gasteiger partial charge in [-0.2, -0.15) is 4.98 Å². The van der Waals surface area contributed by atoms with Gasteiger partial charge in [0, 0.05) is 38.7 Å². The fourth-order valence-electron chi connectivity index (χ4n) is 2.10. The lowest BCUT2D eigenvalue weighted by molar-refractivity contribution is -0.131. The molecule has 0 radical (unpaired) electrons. The topological polar surface area (TPSA) is 45.7 Å². The van der Waals surface area contributed by atoms with Gasteiger partial charge in [-0.1, -0.05) is 13.0 Å². The lowest BCUT2D eigenvalue weighted by atomic mass is 10.3. The summed E-state index contributed by atoms with van der Waals surface area (Å²) in [5.74, 6) is 1.77. The summed E-state index contributed by atoms with van der Waals surface area (Å²) in [4.78, 5) is 20.1. The minimum atomic E-state index is 0.230. The zero-order chi connectivity index (χ0) is 13.0. The van der Waals surface area contributed by atoms with E-state index < -0.39 is 0 Å². The van der Waals surface area contributed by atoms with Crippen molar-refractivity contribution in [3.8, 4) is 5.88 Å². The molecule has 2 rings (SSSR count). The summed E-state index contributed by atoms with van der Waals surface area (Å²) in [6, 6.07) is 5.74. The second kappa shape index (κ2) is 5.71. The highest BCUT2D eigenvalue weighted by Gasteiger charge is 2.20. The number of amides is 1. The number of carbonyl (C=O) groups excluding carboxylic acids is 1. The van der Waals surface area contributed by atoms with Crippen molar-refractivity contribution in [1.29, 1.82) is 0 Å². The maximum atomic E-state index is 11.6. The molecule has 1 aliphatic rings. The molecule has 0 spiro atoms. The van der Waals surface area contributed by atoms with Crippen LogP contribution in [0.15, 0.2) is 18.2 Å². The summed E-state index contributed by atoms with van der Waals surface area (Å²) in [7, 11) is 1.62. The van der Waals surface area contributed by atoms with Crippen LogP contribution in [0, 0.1) is 0 Å². The van der Waals surface area contributed by atoms with Crippen molar-refractivity contribution in [2.45, 2.75) is 13.3 Å². The molecule has 0 bridgehead atoms. The number of pyridine rings is 1. The van der Waals surface area contributed by atoms with E-state index in [0.29, 0.717) is 12.3 Å². The van der Waals surface area contributed by atoms with Gasteiger partial charge < -0.3 is 14.5 Å². The Bertz CT molecular complexity index is 414. The first kappa shape index (κ1) is 12.7. The fourth-order valence-corrected chi connectivity index (χ4v) is 2.10. The molecule has 1 aliphatic heterocycles. The molecule has 5 nitrogen and oxygen atoms in total. The summed E-state index contributed by atoms with van der Waals surface area (Å²) in [5, 5.41) is 0. The van der Waals surface area contributed by atoms with Gasteiger partial charge in [-0.3, -0.25) is 4.79 Å². The molecule has 5 heteroatoms. The molecule has 0 unspecified atom stereocenters. The van der Waals surface area contributed by atoms with Gasteiger partial charge in [-0.25, -0.2) is 0 Å². The Morgan fingerprint density at radius 3 is 2.67 bits per heavy atom. The summed E-state index contributed by atoms with van der Waals surface area (Å²) in [5.41, 5.74) is 0. The molecule has 1 aromatic heterocycles. The molecule has 2 heterocycles. The molecular weight excluding hydrogens is 230 g/mol. The summed E-state index contributed by atoms with van der Waals surface area (Å²) in [6.45, 7) is 5.09. The van der Waals surface area contributed by atoms with Crippen LogP contribution in [0.4, 0.5) is 5.82 Å². The summed E-state index contributed by atoms with van der Waals surface area (Å²) in [6.07, 6.45) is 0.581. The Morgan fingerprint density at radius 2 is 2.06 bits per heavy atom. The number of ether oxygens (including phenoxy) is 1. The van der Waals surface area contributed by atoms with Crippen molar-refractivity contribution in [2.24, 2.45) is 0 Å². The van der Waals surface area contributed by atoms with Crippen molar-refractivity contribution >= 4 is 11.7 Å². The lowest BCUT2D eigenvalue weighted by Gasteiger charge is -2.35. The van der Waals surface area contributed by atoms with Crippen LogP contribution >= 0.6 is 0 Å². The molecule has 1 fully saturated rings. The van der Waals surface area contributed by atoms with Crippen molar-refractivity contribution in [2.75, 3.05) is 38.2 Å².